The fraction of sp³-hybridized carbons (Fsp3) is 0.118. The quantitative estimate of drug-likeness (QED) is 0.822. The first kappa shape index (κ1) is 17.0. The third kappa shape index (κ3) is 5.42. The first-order valence-electron chi connectivity index (χ1n) is 6.91. The molecule has 1 amide bonds. The van der Waals surface area contributed by atoms with Gasteiger partial charge in [-0.1, -0.05) is 0 Å². The van der Waals surface area contributed by atoms with Crippen LogP contribution in [0.5, 0.6) is 5.75 Å². The van der Waals surface area contributed by atoms with Crippen LogP contribution in [0.25, 0.3) is 0 Å². The molecule has 0 aliphatic heterocycles. The van der Waals surface area contributed by atoms with Crippen LogP contribution in [0.1, 0.15) is 5.56 Å². The van der Waals surface area contributed by atoms with E-state index in [2.05, 4.69) is 5.32 Å². The lowest BCUT2D eigenvalue weighted by molar-refractivity contribution is -0.149. The largest absolute Gasteiger partial charge is 0.482 e. The van der Waals surface area contributed by atoms with Crippen molar-refractivity contribution in [2.75, 3.05) is 18.5 Å². The Morgan fingerprint density at radius 3 is 2.33 bits per heavy atom. The number of anilines is 1. The van der Waals surface area contributed by atoms with Gasteiger partial charge in [0.15, 0.2) is 13.2 Å². The maximum atomic E-state index is 12.7. The molecule has 0 radical (unpaired) electrons. The number of hydrogen-bond donors (Lipinski definition) is 1. The number of amides is 1. The monoisotopic (exact) mass is 328 g/mol. The molecule has 0 bridgehead atoms. The van der Waals surface area contributed by atoms with Crippen LogP contribution in [-0.4, -0.2) is 25.1 Å². The molecule has 0 saturated heterocycles. The first-order chi connectivity index (χ1) is 11.6. The normalized spacial score (nSPS) is 9.67. The molecule has 0 heterocycles. The standard InChI is InChI=1S/C17H13FN2O4/c18-13-3-7-15(8-4-13)23-11-17(22)24-10-16(21)20-14-5-1-12(9-19)2-6-14/h1-8H,10-11H2,(H,20,21). The lowest BCUT2D eigenvalue weighted by Gasteiger charge is -2.08. The summed E-state index contributed by atoms with van der Waals surface area (Å²) in [6, 6.07) is 13.4. The van der Waals surface area contributed by atoms with E-state index in [1.54, 1.807) is 24.3 Å². The highest BCUT2D eigenvalue weighted by molar-refractivity contribution is 5.92. The van der Waals surface area contributed by atoms with Crippen molar-refractivity contribution in [1.82, 2.24) is 0 Å². The Morgan fingerprint density at radius 2 is 1.71 bits per heavy atom. The van der Waals surface area contributed by atoms with Gasteiger partial charge in [0, 0.05) is 5.69 Å². The van der Waals surface area contributed by atoms with Crippen molar-refractivity contribution in [3.63, 3.8) is 0 Å². The average molecular weight is 328 g/mol. The Hall–Kier alpha value is -3.40. The fourth-order valence-corrected chi connectivity index (χ4v) is 1.69. The van der Waals surface area contributed by atoms with Crippen LogP contribution in [0, 0.1) is 17.1 Å². The van der Waals surface area contributed by atoms with Gasteiger partial charge in [0.2, 0.25) is 0 Å². The number of benzene rings is 2. The third-order valence-electron chi connectivity index (χ3n) is 2.83. The summed E-state index contributed by atoms with van der Waals surface area (Å²) in [4.78, 5) is 23.1. The maximum Gasteiger partial charge on any atom is 0.344 e. The summed E-state index contributed by atoms with van der Waals surface area (Å²) in [7, 11) is 0. The molecular formula is C17H13FN2O4. The number of esters is 1. The molecule has 0 aliphatic rings. The molecule has 0 fully saturated rings. The number of nitrogens with zero attached hydrogens (tertiary/aromatic N) is 1. The van der Waals surface area contributed by atoms with Gasteiger partial charge in [-0.25, -0.2) is 9.18 Å². The number of halogens is 1. The maximum absolute atomic E-state index is 12.7. The van der Waals surface area contributed by atoms with Gasteiger partial charge in [-0.3, -0.25) is 4.79 Å². The molecule has 0 saturated carbocycles. The number of rotatable bonds is 6. The smallest absolute Gasteiger partial charge is 0.344 e. The molecule has 0 atom stereocenters. The van der Waals surface area contributed by atoms with Crippen LogP contribution >= 0.6 is 0 Å². The Balaban J connectivity index is 1.71. The molecule has 24 heavy (non-hydrogen) atoms. The van der Waals surface area contributed by atoms with E-state index in [1.807, 2.05) is 6.07 Å². The molecule has 122 valence electrons. The Kier molecular flexibility index (Phi) is 5.86. The Labute approximate surface area is 137 Å². The summed E-state index contributed by atoms with van der Waals surface area (Å²) in [6.45, 7) is -0.860. The van der Waals surface area contributed by atoms with E-state index in [-0.39, 0.29) is 0 Å². The van der Waals surface area contributed by atoms with Gasteiger partial charge in [-0.15, -0.1) is 0 Å². The fourth-order valence-electron chi connectivity index (χ4n) is 1.69. The summed E-state index contributed by atoms with van der Waals surface area (Å²) >= 11 is 0. The molecule has 2 aromatic rings. The second-order valence-corrected chi connectivity index (χ2v) is 4.64. The number of nitrogens with one attached hydrogen (secondary N) is 1. The lowest BCUT2D eigenvalue weighted by Crippen LogP contribution is -2.23. The van der Waals surface area contributed by atoms with Crippen LogP contribution in [0.15, 0.2) is 48.5 Å². The van der Waals surface area contributed by atoms with E-state index in [0.717, 1.165) is 0 Å². The first-order valence-corrected chi connectivity index (χ1v) is 6.91. The summed E-state index contributed by atoms with van der Waals surface area (Å²) in [6.07, 6.45) is 0. The molecule has 2 aromatic carbocycles. The van der Waals surface area contributed by atoms with Gasteiger partial charge < -0.3 is 14.8 Å². The molecule has 2 rings (SSSR count). The number of ether oxygens (including phenoxy) is 2. The highest BCUT2D eigenvalue weighted by Gasteiger charge is 2.09. The minimum Gasteiger partial charge on any atom is -0.482 e. The van der Waals surface area contributed by atoms with Crippen LogP contribution < -0.4 is 10.1 Å². The topological polar surface area (TPSA) is 88.4 Å². The molecule has 0 unspecified atom stereocenters. The minimum atomic E-state index is -0.727. The Morgan fingerprint density at radius 1 is 1.04 bits per heavy atom. The number of hydrogen-bond acceptors (Lipinski definition) is 5. The van der Waals surface area contributed by atoms with E-state index in [0.29, 0.717) is 17.0 Å². The molecule has 0 aliphatic carbocycles. The predicted molar refractivity (Wildman–Crippen MR) is 82.6 cm³/mol. The van der Waals surface area contributed by atoms with Crippen molar-refractivity contribution in [2.24, 2.45) is 0 Å². The van der Waals surface area contributed by atoms with Crippen LogP contribution in [-0.2, 0) is 14.3 Å². The molecule has 7 heteroatoms. The summed E-state index contributed by atoms with van der Waals surface area (Å²) in [5.41, 5.74) is 0.954. The third-order valence-corrected chi connectivity index (χ3v) is 2.83. The molecule has 0 spiro atoms. The molecule has 1 N–H and O–H groups in total. The highest BCUT2D eigenvalue weighted by atomic mass is 19.1. The minimum absolute atomic E-state index is 0.315. The van der Waals surface area contributed by atoms with Gasteiger partial charge >= 0.3 is 5.97 Å². The summed E-state index contributed by atoms with van der Waals surface area (Å²) in [5, 5.41) is 11.2. The molecule has 6 nitrogen and oxygen atoms in total. The van der Waals surface area contributed by atoms with Crippen LogP contribution in [0.3, 0.4) is 0 Å². The van der Waals surface area contributed by atoms with Gasteiger partial charge in [-0.2, -0.15) is 5.26 Å². The van der Waals surface area contributed by atoms with Crippen molar-refractivity contribution < 1.29 is 23.5 Å². The van der Waals surface area contributed by atoms with Crippen molar-refractivity contribution in [1.29, 1.82) is 5.26 Å². The SMILES string of the molecule is N#Cc1ccc(NC(=O)COC(=O)COc2ccc(F)cc2)cc1. The molecule has 0 aromatic heterocycles. The lowest BCUT2D eigenvalue weighted by atomic mass is 10.2. The van der Waals surface area contributed by atoms with Crippen LogP contribution in [0.2, 0.25) is 0 Å². The van der Waals surface area contributed by atoms with E-state index in [4.69, 9.17) is 14.7 Å². The van der Waals surface area contributed by atoms with Crippen molar-refractivity contribution in [2.45, 2.75) is 0 Å². The zero-order valence-electron chi connectivity index (χ0n) is 12.5. The van der Waals surface area contributed by atoms with Gasteiger partial charge in [-0.05, 0) is 48.5 Å². The van der Waals surface area contributed by atoms with Gasteiger partial charge in [0.25, 0.3) is 5.91 Å². The Bertz CT molecular complexity index is 752. The van der Waals surface area contributed by atoms with E-state index >= 15 is 0 Å². The van der Waals surface area contributed by atoms with E-state index in [9.17, 15) is 14.0 Å². The van der Waals surface area contributed by atoms with Gasteiger partial charge in [0.1, 0.15) is 11.6 Å². The van der Waals surface area contributed by atoms with Crippen molar-refractivity contribution in [3.8, 4) is 11.8 Å². The molecular weight excluding hydrogens is 315 g/mol. The summed E-state index contributed by atoms with van der Waals surface area (Å²) in [5.74, 6) is -1.34. The number of carbonyl (C=O) groups is 2. The van der Waals surface area contributed by atoms with Crippen molar-refractivity contribution in [3.05, 3.63) is 59.9 Å². The van der Waals surface area contributed by atoms with Gasteiger partial charge in [0.05, 0.1) is 11.6 Å². The zero-order chi connectivity index (χ0) is 17.4. The summed E-state index contributed by atoms with van der Waals surface area (Å²) < 4.78 is 22.6. The predicted octanol–water partition coefficient (Wildman–Crippen LogP) is 2.26. The second-order valence-electron chi connectivity index (χ2n) is 4.64. The second kappa shape index (κ2) is 8.29. The van der Waals surface area contributed by atoms with E-state index < -0.39 is 30.9 Å². The number of carbonyl (C=O) groups excluding carboxylic acids is 2. The van der Waals surface area contributed by atoms with E-state index in [1.165, 1.54) is 24.3 Å². The highest BCUT2D eigenvalue weighted by Crippen LogP contribution is 2.11. The van der Waals surface area contributed by atoms with Crippen LogP contribution in [0.4, 0.5) is 10.1 Å². The number of nitriles is 1. The van der Waals surface area contributed by atoms with Crippen molar-refractivity contribution >= 4 is 17.6 Å². The zero-order valence-corrected chi connectivity index (χ0v) is 12.5. The average Bonchev–Trinajstić information content (AvgIpc) is 2.60.